The fourth-order valence-electron chi connectivity index (χ4n) is 3.80. The SMILES string of the molecule is C=[C](/C(C)=C/[C@H](CO)[C@H](O)CC)[Sn]([CH2]CCC)([CH2]CCC)[CH2]CCC. The van der Waals surface area contributed by atoms with Gasteiger partial charge < -0.3 is 0 Å². The Hall–Kier alpha value is 0.199. The van der Waals surface area contributed by atoms with Crippen molar-refractivity contribution in [1.29, 1.82) is 0 Å². The molecule has 0 heterocycles. The monoisotopic (exact) mass is 460 g/mol. The Balaban J connectivity index is 5.57. The van der Waals surface area contributed by atoms with Gasteiger partial charge in [0.15, 0.2) is 0 Å². The maximum atomic E-state index is 10.2. The minimum atomic E-state index is -2.47. The van der Waals surface area contributed by atoms with Crippen molar-refractivity contribution in [2.45, 2.75) is 99.0 Å². The van der Waals surface area contributed by atoms with Gasteiger partial charge in [0.1, 0.15) is 0 Å². The molecule has 0 aliphatic rings. The molecule has 2 N–H and O–H groups in total. The molecule has 0 aliphatic heterocycles. The van der Waals surface area contributed by atoms with Crippen LogP contribution in [-0.4, -0.2) is 41.3 Å². The first-order chi connectivity index (χ1) is 11.9. The average molecular weight is 459 g/mol. The number of unbranched alkanes of at least 4 members (excludes halogenated alkanes) is 3. The van der Waals surface area contributed by atoms with Crippen molar-refractivity contribution in [2.24, 2.45) is 5.92 Å². The number of rotatable bonds is 15. The van der Waals surface area contributed by atoms with Crippen LogP contribution in [0.25, 0.3) is 0 Å². The molecule has 25 heavy (non-hydrogen) atoms. The van der Waals surface area contributed by atoms with Crippen molar-refractivity contribution in [1.82, 2.24) is 0 Å². The first-order valence-electron chi connectivity index (χ1n) is 10.6. The molecule has 3 heteroatoms. The predicted molar refractivity (Wildman–Crippen MR) is 115 cm³/mol. The maximum absolute atomic E-state index is 10.2. The van der Waals surface area contributed by atoms with Crippen molar-refractivity contribution in [3.8, 4) is 0 Å². The van der Waals surface area contributed by atoms with E-state index < -0.39 is 24.5 Å². The molecular formula is C22H44O2Sn. The van der Waals surface area contributed by atoms with Crippen LogP contribution in [0.15, 0.2) is 21.8 Å². The van der Waals surface area contributed by atoms with Crippen LogP contribution in [0.2, 0.25) is 13.3 Å². The van der Waals surface area contributed by atoms with E-state index in [1.54, 1.807) is 0 Å². The van der Waals surface area contributed by atoms with E-state index in [4.69, 9.17) is 0 Å². The zero-order chi connectivity index (χ0) is 19.3. The Labute approximate surface area is 161 Å². The third kappa shape index (κ3) is 8.62. The van der Waals surface area contributed by atoms with Gasteiger partial charge in [-0.25, -0.2) is 0 Å². The Kier molecular flexibility index (Phi) is 14.4. The second-order valence-electron chi connectivity index (χ2n) is 7.74. The Morgan fingerprint density at radius 3 is 1.72 bits per heavy atom. The minimum absolute atomic E-state index is 0.0149. The first-order valence-corrected chi connectivity index (χ1v) is 18.1. The van der Waals surface area contributed by atoms with E-state index >= 15 is 0 Å². The van der Waals surface area contributed by atoms with Crippen LogP contribution < -0.4 is 0 Å². The van der Waals surface area contributed by atoms with Gasteiger partial charge in [-0.15, -0.1) is 0 Å². The van der Waals surface area contributed by atoms with Crippen LogP contribution in [0.3, 0.4) is 0 Å². The molecule has 148 valence electrons. The van der Waals surface area contributed by atoms with Crippen LogP contribution in [0, 0.1) is 5.92 Å². The van der Waals surface area contributed by atoms with Gasteiger partial charge in [0, 0.05) is 0 Å². The number of hydrogen-bond donors (Lipinski definition) is 2. The summed E-state index contributed by atoms with van der Waals surface area (Å²) in [6.45, 7) is 15.7. The summed E-state index contributed by atoms with van der Waals surface area (Å²) in [7, 11) is 0. The third-order valence-electron chi connectivity index (χ3n) is 5.73. The van der Waals surface area contributed by atoms with E-state index in [0.29, 0.717) is 6.42 Å². The molecule has 0 spiro atoms. The molecule has 0 aromatic heterocycles. The summed E-state index contributed by atoms with van der Waals surface area (Å²) >= 11 is -2.47. The summed E-state index contributed by atoms with van der Waals surface area (Å²) < 4.78 is 5.69. The Morgan fingerprint density at radius 1 is 0.960 bits per heavy atom. The molecule has 0 aromatic carbocycles. The molecule has 0 aromatic rings. The van der Waals surface area contributed by atoms with Gasteiger partial charge >= 0.3 is 162 Å². The van der Waals surface area contributed by atoms with Crippen LogP contribution in [0.5, 0.6) is 0 Å². The van der Waals surface area contributed by atoms with Crippen molar-refractivity contribution in [3.05, 3.63) is 21.8 Å². The van der Waals surface area contributed by atoms with Gasteiger partial charge in [-0.05, 0) is 0 Å². The van der Waals surface area contributed by atoms with E-state index in [1.165, 1.54) is 61.0 Å². The first kappa shape index (κ1) is 25.2. The third-order valence-corrected chi connectivity index (χ3v) is 21.7. The summed E-state index contributed by atoms with van der Waals surface area (Å²) in [5, 5.41) is 19.8. The van der Waals surface area contributed by atoms with Gasteiger partial charge in [-0.2, -0.15) is 0 Å². The molecule has 0 saturated heterocycles. The Bertz CT molecular complexity index is 368. The van der Waals surface area contributed by atoms with Crippen molar-refractivity contribution in [3.63, 3.8) is 0 Å². The second kappa shape index (κ2) is 14.3. The van der Waals surface area contributed by atoms with Gasteiger partial charge in [0.05, 0.1) is 0 Å². The zero-order valence-corrected chi connectivity index (χ0v) is 20.5. The zero-order valence-electron chi connectivity index (χ0n) is 17.6. The van der Waals surface area contributed by atoms with Crippen LogP contribution in [-0.2, 0) is 0 Å². The molecule has 2 atom stereocenters. The molecule has 0 fully saturated rings. The van der Waals surface area contributed by atoms with E-state index in [0.717, 1.165) is 0 Å². The van der Waals surface area contributed by atoms with E-state index in [2.05, 4.69) is 40.3 Å². The molecule has 0 unspecified atom stereocenters. The summed E-state index contributed by atoms with van der Waals surface area (Å²) in [6.07, 6.45) is 10.1. The molecule has 0 bridgehead atoms. The Morgan fingerprint density at radius 2 is 1.40 bits per heavy atom. The molecule has 0 saturated carbocycles. The summed E-state index contributed by atoms with van der Waals surface area (Å²) in [6, 6.07) is 0. The van der Waals surface area contributed by atoms with Gasteiger partial charge in [0.2, 0.25) is 0 Å². The van der Waals surface area contributed by atoms with Gasteiger partial charge in [-0.1, -0.05) is 0 Å². The molecule has 0 rings (SSSR count). The van der Waals surface area contributed by atoms with Crippen molar-refractivity contribution >= 4 is 18.4 Å². The number of aliphatic hydroxyl groups is 2. The van der Waals surface area contributed by atoms with E-state index in [-0.39, 0.29) is 12.5 Å². The molecule has 0 radical (unpaired) electrons. The summed E-state index contributed by atoms with van der Waals surface area (Å²) in [5.74, 6) is -0.158. The van der Waals surface area contributed by atoms with Crippen molar-refractivity contribution < 1.29 is 10.2 Å². The molecule has 0 aliphatic carbocycles. The number of allylic oxidation sites excluding steroid dienone is 2. The fourth-order valence-corrected chi connectivity index (χ4v) is 20.0. The van der Waals surface area contributed by atoms with Crippen LogP contribution in [0.1, 0.15) is 79.6 Å². The van der Waals surface area contributed by atoms with Crippen LogP contribution in [0.4, 0.5) is 0 Å². The van der Waals surface area contributed by atoms with Gasteiger partial charge in [-0.3, -0.25) is 0 Å². The summed E-state index contributed by atoms with van der Waals surface area (Å²) in [5.41, 5.74) is 1.26. The molecule has 0 amide bonds. The number of hydrogen-bond acceptors (Lipinski definition) is 2. The molecular weight excluding hydrogens is 415 g/mol. The predicted octanol–water partition coefficient (Wildman–Crippen LogP) is 6.26. The quantitative estimate of drug-likeness (QED) is 0.224. The average Bonchev–Trinajstić information content (AvgIpc) is 2.64. The van der Waals surface area contributed by atoms with Crippen molar-refractivity contribution in [2.75, 3.05) is 6.61 Å². The topological polar surface area (TPSA) is 40.5 Å². The second-order valence-corrected chi connectivity index (χ2v) is 21.1. The number of aliphatic hydroxyl groups excluding tert-OH is 2. The molecule has 2 nitrogen and oxygen atoms in total. The standard InChI is InChI=1S/C10H17O2.3C4H9.Sn/c1-4-8(3)6-9(7-11)10(12)5-2;3*1-3-4-2;/h6,9-12H,1,5,7H2,2-3H3;3*1,3-4H2,2H3;/b8-6+;;;;/t9-,10-;;;;/m1..../s1. The van der Waals surface area contributed by atoms with Crippen LogP contribution >= 0.6 is 0 Å². The van der Waals surface area contributed by atoms with E-state index in [9.17, 15) is 10.2 Å². The summed E-state index contributed by atoms with van der Waals surface area (Å²) in [4.78, 5) is 0. The normalized spacial score (nSPS) is 15.2. The van der Waals surface area contributed by atoms with E-state index in [1.807, 2.05) is 6.92 Å². The fraction of sp³-hybridized carbons (Fsp3) is 0.818. The van der Waals surface area contributed by atoms with Gasteiger partial charge in [0.25, 0.3) is 0 Å².